The van der Waals surface area contributed by atoms with Gasteiger partial charge in [-0.1, -0.05) is 0 Å². The van der Waals surface area contributed by atoms with Crippen LogP contribution >= 0.6 is 0 Å². The van der Waals surface area contributed by atoms with Gasteiger partial charge in [0.25, 0.3) is 0 Å². The lowest BCUT2D eigenvalue weighted by Crippen LogP contribution is -2.55. The number of piperazine rings is 1. The maximum atomic E-state index is 13.4. The molecule has 3 heterocycles. The number of carbonyl (C=O) groups is 1. The van der Waals surface area contributed by atoms with Crippen molar-refractivity contribution in [3.63, 3.8) is 0 Å². The maximum absolute atomic E-state index is 13.4. The number of carbonyl (C=O) groups excluding carboxylic acids is 1. The summed E-state index contributed by atoms with van der Waals surface area (Å²) in [4.78, 5) is 23.7. The van der Waals surface area contributed by atoms with E-state index in [4.69, 9.17) is 0 Å². The predicted octanol–water partition coefficient (Wildman–Crippen LogP) is 0.197. The Kier molecular flexibility index (Phi) is 6.19. The highest BCUT2D eigenvalue weighted by Crippen LogP contribution is 2.30. The molecule has 0 aliphatic carbocycles. The lowest BCUT2D eigenvalue weighted by Gasteiger charge is -2.39. The summed E-state index contributed by atoms with van der Waals surface area (Å²) in [5.41, 5.74) is 0.478. The van der Waals surface area contributed by atoms with Gasteiger partial charge in [0.2, 0.25) is 11.9 Å². The molecule has 1 amide bonds. The third-order valence-electron chi connectivity index (χ3n) is 5.79. The van der Waals surface area contributed by atoms with Crippen molar-refractivity contribution in [3.05, 3.63) is 42.7 Å². The lowest BCUT2D eigenvalue weighted by atomic mass is 10.2. The molecule has 2 saturated heterocycles. The summed E-state index contributed by atoms with van der Waals surface area (Å²) >= 11 is 0. The fraction of sp³-hybridized carbons (Fsp3) is 0.450. The topological polar surface area (TPSA) is 130 Å². The number of benzene rings is 1. The molecule has 0 spiro atoms. The molecule has 32 heavy (non-hydrogen) atoms. The number of rotatable bonds is 5. The van der Waals surface area contributed by atoms with Gasteiger partial charge in [-0.15, -0.1) is 0 Å². The first-order valence-corrected chi connectivity index (χ1v) is 13.6. The normalized spacial score (nSPS) is 23.7. The van der Waals surface area contributed by atoms with Crippen molar-refractivity contribution in [2.24, 2.45) is 0 Å². The van der Waals surface area contributed by atoms with E-state index in [9.17, 15) is 21.6 Å². The second kappa shape index (κ2) is 8.75. The standard InChI is InChI=1S/C20H25N5O5S2/c1-15(26)23-16-3-5-17(6-4-16)32(29,30)19-14-31(27,28)13-18(19)24-9-11-25(12-10-24)20-21-7-2-8-22-20/h2-8,18-19H,9-14H2,1H3,(H,23,26)/t18-,19-/m0/s1. The Morgan fingerprint density at radius 1 is 1.03 bits per heavy atom. The van der Waals surface area contributed by atoms with Gasteiger partial charge in [0, 0.05) is 57.2 Å². The molecule has 0 bridgehead atoms. The highest BCUT2D eigenvalue weighted by Gasteiger charge is 2.48. The molecule has 2 aromatic rings. The molecule has 1 N–H and O–H groups in total. The molecule has 172 valence electrons. The quantitative estimate of drug-likeness (QED) is 0.639. The number of hydrogen-bond acceptors (Lipinski definition) is 9. The van der Waals surface area contributed by atoms with Crippen LogP contribution in [0.4, 0.5) is 11.6 Å². The van der Waals surface area contributed by atoms with E-state index >= 15 is 0 Å². The maximum Gasteiger partial charge on any atom is 0.225 e. The molecule has 2 aliphatic heterocycles. The molecule has 4 rings (SSSR count). The Bertz CT molecular complexity index is 1180. The monoisotopic (exact) mass is 479 g/mol. The Morgan fingerprint density at radius 2 is 1.66 bits per heavy atom. The Balaban J connectivity index is 1.53. The summed E-state index contributed by atoms with van der Waals surface area (Å²) in [5, 5.41) is 1.55. The van der Waals surface area contributed by atoms with Crippen molar-refractivity contribution in [2.45, 2.75) is 23.1 Å². The van der Waals surface area contributed by atoms with Crippen LogP contribution in [0.5, 0.6) is 0 Å². The van der Waals surface area contributed by atoms with Crippen LogP contribution in [0.15, 0.2) is 47.6 Å². The zero-order valence-corrected chi connectivity index (χ0v) is 19.2. The van der Waals surface area contributed by atoms with Gasteiger partial charge < -0.3 is 10.2 Å². The van der Waals surface area contributed by atoms with E-state index in [0.717, 1.165) is 0 Å². The van der Waals surface area contributed by atoms with Crippen molar-refractivity contribution in [3.8, 4) is 0 Å². The van der Waals surface area contributed by atoms with Crippen LogP contribution in [0.2, 0.25) is 0 Å². The third kappa shape index (κ3) is 4.76. The first-order valence-electron chi connectivity index (χ1n) is 10.2. The van der Waals surface area contributed by atoms with Crippen LogP contribution in [-0.4, -0.2) is 86.6 Å². The van der Waals surface area contributed by atoms with E-state index in [1.165, 1.54) is 31.2 Å². The van der Waals surface area contributed by atoms with Crippen molar-refractivity contribution < 1.29 is 21.6 Å². The average Bonchev–Trinajstić information content (AvgIpc) is 3.11. The van der Waals surface area contributed by atoms with Crippen LogP contribution < -0.4 is 10.2 Å². The van der Waals surface area contributed by atoms with Gasteiger partial charge in [0.15, 0.2) is 19.7 Å². The Hall–Kier alpha value is -2.57. The first kappa shape index (κ1) is 22.6. The molecule has 0 radical (unpaired) electrons. The summed E-state index contributed by atoms with van der Waals surface area (Å²) in [5.74, 6) is -0.227. The zero-order valence-electron chi connectivity index (χ0n) is 17.6. The van der Waals surface area contributed by atoms with Gasteiger partial charge in [0.1, 0.15) is 0 Å². The molecule has 0 saturated carbocycles. The number of nitrogens with zero attached hydrogens (tertiary/aromatic N) is 4. The number of amides is 1. The molecule has 2 fully saturated rings. The molecule has 2 atom stereocenters. The van der Waals surface area contributed by atoms with Gasteiger partial charge in [-0.3, -0.25) is 9.69 Å². The van der Waals surface area contributed by atoms with Crippen LogP contribution in [0, 0.1) is 0 Å². The van der Waals surface area contributed by atoms with Crippen molar-refractivity contribution in [1.29, 1.82) is 0 Å². The number of anilines is 2. The summed E-state index contributed by atoms with van der Waals surface area (Å²) < 4.78 is 51.7. The van der Waals surface area contributed by atoms with Crippen LogP contribution in [-0.2, 0) is 24.5 Å². The minimum absolute atomic E-state index is 0.0509. The second-order valence-electron chi connectivity index (χ2n) is 8.01. The summed E-state index contributed by atoms with van der Waals surface area (Å²) in [6, 6.07) is 6.96. The summed E-state index contributed by atoms with van der Waals surface area (Å²) in [7, 11) is -7.38. The molecule has 2 aliphatic rings. The summed E-state index contributed by atoms with van der Waals surface area (Å²) in [6.45, 7) is 3.57. The van der Waals surface area contributed by atoms with E-state index in [-0.39, 0.29) is 16.6 Å². The highest BCUT2D eigenvalue weighted by atomic mass is 32.2. The zero-order chi connectivity index (χ0) is 22.9. The van der Waals surface area contributed by atoms with Crippen LogP contribution in [0.25, 0.3) is 0 Å². The Labute approximate surface area is 187 Å². The smallest absolute Gasteiger partial charge is 0.225 e. The number of sulfone groups is 2. The van der Waals surface area contributed by atoms with Crippen LogP contribution in [0.3, 0.4) is 0 Å². The third-order valence-corrected chi connectivity index (χ3v) is 9.93. The molecule has 10 nitrogen and oxygen atoms in total. The van der Waals surface area contributed by atoms with Crippen molar-refractivity contribution >= 4 is 37.2 Å². The van der Waals surface area contributed by atoms with Gasteiger partial charge >= 0.3 is 0 Å². The van der Waals surface area contributed by atoms with E-state index in [2.05, 4.69) is 15.3 Å². The van der Waals surface area contributed by atoms with Gasteiger partial charge in [-0.05, 0) is 30.3 Å². The van der Waals surface area contributed by atoms with Gasteiger partial charge in [-0.25, -0.2) is 26.8 Å². The van der Waals surface area contributed by atoms with E-state index in [1.54, 1.807) is 18.5 Å². The van der Waals surface area contributed by atoms with E-state index < -0.39 is 36.7 Å². The second-order valence-corrected chi connectivity index (χ2v) is 12.3. The minimum Gasteiger partial charge on any atom is -0.338 e. The molecular formula is C20H25N5O5S2. The van der Waals surface area contributed by atoms with Gasteiger partial charge in [-0.2, -0.15) is 0 Å². The first-order chi connectivity index (χ1) is 15.2. The fourth-order valence-corrected chi connectivity index (χ4v) is 9.08. The SMILES string of the molecule is CC(=O)Nc1ccc(S(=O)(=O)[C@H]2CS(=O)(=O)C[C@@H]2N2CCN(c3ncccn3)CC2)cc1. The highest BCUT2D eigenvalue weighted by molar-refractivity contribution is 7.96. The molecule has 12 heteroatoms. The Morgan fingerprint density at radius 3 is 2.25 bits per heavy atom. The lowest BCUT2D eigenvalue weighted by molar-refractivity contribution is -0.114. The van der Waals surface area contributed by atoms with E-state index in [0.29, 0.717) is 37.8 Å². The van der Waals surface area contributed by atoms with Crippen molar-refractivity contribution in [1.82, 2.24) is 14.9 Å². The van der Waals surface area contributed by atoms with Crippen LogP contribution in [0.1, 0.15) is 6.92 Å². The number of hydrogen-bond donors (Lipinski definition) is 1. The predicted molar refractivity (Wildman–Crippen MR) is 120 cm³/mol. The minimum atomic E-state index is -3.89. The largest absolute Gasteiger partial charge is 0.338 e. The van der Waals surface area contributed by atoms with Crippen molar-refractivity contribution in [2.75, 3.05) is 47.9 Å². The number of aromatic nitrogens is 2. The van der Waals surface area contributed by atoms with E-state index in [1.807, 2.05) is 9.80 Å². The molecule has 1 aromatic heterocycles. The molecule has 1 aromatic carbocycles. The number of nitrogens with one attached hydrogen (secondary N) is 1. The molecule has 0 unspecified atom stereocenters. The average molecular weight is 480 g/mol. The van der Waals surface area contributed by atoms with Gasteiger partial charge in [0.05, 0.1) is 21.7 Å². The molecular weight excluding hydrogens is 454 g/mol. The summed E-state index contributed by atoms with van der Waals surface area (Å²) in [6.07, 6.45) is 3.33. The fourth-order valence-electron chi connectivity index (χ4n) is 4.25.